The summed E-state index contributed by atoms with van der Waals surface area (Å²) in [6.07, 6.45) is 5.74. The first kappa shape index (κ1) is 16.2. The van der Waals surface area contributed by atoms with Crippen molar-refractivity contribution in [3.63, 3.8) is 0 Å². The second-order valence-corrected chi connectivity index (χ2v) is 8.42. The molecule has 23 heavy (non-hydrogen) atoms. The van der Waals surface area contributed by atoms with Crippen molar-refractivity contribution in [3.8, 4) is 0 Å². The van der Waals surface area contributed by atoms with Crippen LogP contribution >= 0.6 is 0 Å². The van der Waals surface area contributed by atoms with E-state index in [1.165, 1.54) is 0 Å². The third-order valence-electron chi connectivity index (χ3n) is 4.35. The smallest absolute Gasteiger partial charge is 0.212 e. The Morgan fingerprint density at radius 2 is 1.91 bits per heavy atom. The normalized spacial score (nSPS) is 21.1. The van der Waals surface area contributed by atoms with Gasteiger partial charge in [-0.05, 0) is 41.9 Å². The van der Waals surface area contributed by atoms with E-state index in [-0.39, 0.29) is 5.75 Å². The highest BCUT2D eigenvalue weighted by molar-refractivity contribution is 7.89. The van der Waals surface area contributed by atoms with Crippen LogP contribution < -0.4 is 4.72 Å². The van der Waals surface area contributed by atoms with E-state index in [1.807, 2.05) is 41.2 Å². The van der Waals surface area contributed by atoms with Crippen molar-refractivity contribution in [2.45, 2.75) is 32.9 Å². The highest BCUT2D eigenvalue weighted by Crippen LogP contribution is 2.33. The summed E-state index contributed by atoms with van der Waals surface area (Å²) in [6.45, 7) is 3.24. The van der Waals surface area contributed by atoms with Gasteiger partial charge in [0.2, 0.25) is 10.0 Å². The zero-order chi connectivity index (χ0) is 16.3. The Kier molecular flexibility index (Phi) is 4.82. The van der Waals surface area contributed by atoms with Gasteiger partial charge in [-0.2, -0.15) is 5.10 Å². The molecular weight excluding hydrogens is 310 g/mol. The van der Waals surface area contributed by atoms with E-state index in [2.05, 4.69) is 16.7 Å². The summed E-state index contributed by atoms with van der Waals surface area (Å²) in [5, 5.41) is 4.17. The van der Waals surface area contributed by atoms with Crippen molar-refractivity contribution in [2.24, 2.45) is 11.8 Å². The van der Waals surface area contributed by atoms with Crippen LogP contribution in [-0.2, 0) is 23.1 Å². The highest BCUT2D eigenvalue weighted by atomic mass is 32.2. The predicted octanol–water partition coefficient (Wildman–Crippen LogP) is 2.40. The van der Waals surface area contributed by atoms with Gasteiger partial charge in [-0.15, -0.1) is 0 Å². The van der Waals surface area contributed by atoms with E-state index in [0.29, 0.717) is 18.4 Å². The van der Waals surface area contributed by atoms with Gasteiger partial charge in [0.15, 0.2) is 0 Å². The highest BCUT2D eigenvalue weighted by Gasteiger charge is 2.29. The SMILES string of the molecule is CC1CC(CS(=O)(=O)NCc2ccc(Cn3cccn3)cc2)C1. The Morgan fingerprint density at radius 3 is 2.52 bits per heavy atom. The van der Waals surface area contributed by atoms with Crippen LogP contribution in [0.3, 0.4) is 0 Å². The number of sulfonamides is 1. The van der Waals surface area contributed by atoms with Crippen LogP contribution in [0.15, 0.2) is 42.7 Å². The Morgan fingerprint density at radius 1 is 1.22 bits per heavy atom. The van der Waals surface area contributed by atoms with Crippen LogP contribution in [0.2, 0.25) is 0 Å². The molecule has 2 aromatic rings. The van der Waals surface area contributed by atoms with Crippen molar-refractivity contribution in [2.75, 3.05) is 5.75 Å². The number of rotatable bonds is 7. The molecular formula is C17H23N3O2S. The molecule has 0 aliphatic heterocycles. The molecule has 5 nitrogen and oxygen atoms in total. The third-order valence-corrected chi connectivity index (χ3v) is 5.84. The second-order valence-electron chi connectivity index (χ2n) is 6.57. The maximum Gasteiger partial charge on any atom is 0.212 e. The quantitative estimate of drug-likeness (QED) is 0.846. The van der Waals surface area contributed by atoms with E-state index in [9.17, 15) is 8.42 Å². The van der Waals surface area contributed by atoms with Gasteiger partial charge in [0, 0.05) is 18.9 Å². The van der Waals surface area contributed by atoms with Crippen LogP contribution in [-0.4, -0.2) is 24.0 Å². The molecule has 1 N–H and O–H groups in total. The summed E-state index contributed by atoms with van der Waals surface area (Å²) in [6, 6.07) is 9.85. The van der Waals surface area contributed by atoms with Gasteiger partial charge in [-0.25, -0.2) is 13.1 Å². The minimum Gasteiger partial charge on any atom is -0.268 e. The zero-order valence-corrected chi connectivity index (χ0v) is 14.2. The molecule has 124 valence electrons. The summed E-state index contributed by atoms with van der Waals surface area (Å²) in [5.74, 6) is 1.27. The number of benzene rings is 1. The summed E-state index contributed by atoms with van der Waals surface area (Å²) in [4.78, 5) is 0. The lowest BCUT2D eigenvalue weighted by molar-refractivity contribution is 0.235. The minimum absolute atomic E-state index is 0.259. The Hall–Kier alpha value is -1.66. The van der Waals surface area contributed by atoms with E-state index in [0.717, 1.165) is 30.5 Å². The molecule has 0 radical (unpaired) electrons. The summed E-state index contributed by atoms with van der Waals surface area (Å²) in [5.41, 5.74) is 2.11. The molecule has 1 aliphatic rings. The van der Waals surface area contributed by atoms with Crippen molar-refractivity contribution in [3.05, 3.63) is 53.9 Å². The van der Waals surface area contributed by atoms with Crippen LogP contribution in [0.4, 0.5) is 0 Å². The van der Waals surface area contributed by atoms with Crippen LogP contribution in [0, 0.1) is 11.8 Å². The fourth-order valence-electron chi connectivity index (χ4n) is 3.11. The van der Waals surface area contributed by atoms with Crippen LogP contribution in [0.5, 0.6) is 0 Å². The number of nitrogens with one attached hydrogen (secondary N) is 1. The first-order valence-corrected chi connectivity index (χ1v) is 9.68. The van der Waals surface area contributed by atoms with E-state index in [4.69, 9.17) is 0 Å². The van der Waals surface area contributed by atoms with Crippen molar-refractivity contribution in [1.29, 1.82) is 0 Å². The van der Waals surface area contributed by atoms with Crippen molar-refractivity contribution in [1.82, 2.24) is 14.5 Å². The first-order chi connectivity index (χ1) is 11.0. The van der Waals surface area contributed by atoms with Crippen LogP contribution in [0.25, 0.3) is 0 Å². The van der Waals surface area contributed by atoms with Gasteiger partial charge in [0.05, 0.1) is 12.3 Å². The third kappa shape index (κ3) is 4.65. The Bertz CT molecular complexity index is 718. The molecule has 1 aromatic carbocycles. The van der Waals surface area contributed by atoms with Gasteiger partial charge >= 0.3 is 0 Å². The fourth-order valence-corrected chi connectivity index (χ4v) is 4.51. The molecule has 1 saturated carbocycles. The van der Waals surface area contributed by atoms with Gasteiger partial charge < -0.3 is 0 Å². The van der Waals surface area contributed by atoms with E-state index in [1.54, 1.807) is 6.20 Å². The maximum atomic E-state index is 12.1. The van der Waals surface area contributed by atoms with Gasteiger partial charge in [0.1, 0.15) is 0 Å². The lowest BCUT2D eigenvalue weighted by atomic mass is 9.77. The average Bonchev–Trinajstić information content (AvgIpc) is 2.98. The largest absolute Gasteiger partial charge is 0.268 e. The molecule has 0 unspecified atom stereocenters. The van der Waals surface area contributed by atoms with E-state index < -0.39 is 10.0 Å². The number of nitrogens with zero attached hydrogens (tertiary/aromatic N) is 2. The van der Waals surface area contributed by atoms with Gasteiger partial charge in [-0.1, -0.05) is 31.2 Å². The lowest BCUT2D eigenvalue weighted by Crippen LogP contribution is -2.34. The number of aromatic nitrogens is 2. The molecule has 1 aliphatic carbocycles. The lowest BCUT2D eigenvalue weighted by Gasteiger charge is -2.32. The predicted molar refractivity (Wildman–Crippen MR) is 90.3 cm³/mol. The van der Waals surface area contributed by atoms with Crippen molar-refractivity contribution < 1.29 is 8.42 Å². The molecule has 0 amide bonds. The monoisotopic (exact) mass is 333 g/mol. The molecule has 1 heterocycles. The second kappa shape index (κ2) is 6.84. The Balaban J connectivity index is 1.50. The summed E-state index contributed by atoms with van der Waals surface area (Å²) < 4.78 is 28.7. The molecule has 6 heteroatoms. The van der Waals surface area contributed by atoms with Gasteiger partial charge in [-0.3, -0.25) is 4.68 Å². The molecule has 3 rings (SSSR count). The molecule has 1 fully saturated rings. The summed E-state index contributed by atoms with van der Waals surface area (Å²) >= 11 is 0. The fraction of sp³-hybridized carbons (Fsp3) is 0.471. The molecule has 0 spiro atoms. The number of hydrogen-bond donors (Lipinski definition) is 1. The standard InChI is InChI=1S/C17H23N3O2S/c1-14-9-17(10-14)13-23(21,22)19-11-15-3-5-16(6-4-15)12-20-8-2-7-18-20/h2-8,14,17,19H,9-13H2,1H3. The zero-order valence-electron chi connectivity index (χ0n) is 13.4. The minimum atomic E-state index is -3.18. The van der Waals surface area contributed by atoms with Crippen molar-refractivity contribution >= 4 is 10.0 Å². The van der Waals surface area contributed by atoms with Crippen LogP contribution in [0.1, 0.15) is 30.9 Å². The van der Waals surface area contributed by atoms with Gasteiger partial charge in [0.25, 0.3) is 0 Å². The topological polar surface area (TPSA) is 64.0 Å². The molecule has 0 atom stereocenters. The maximum absolute atomic E-state index is 12.1. The summed E-state index contributed by atoms with van der Waals surface area (Å²) in [7, 11) is -3.18. The van der Waals surface area contributed by atoms with E-state index >= 15 is 0 Å². The molecule has 0 saturated heterocycles. The first-order valence-electron chi connectivity index (χ1n) is 8.03. The Labute approximate surface area is 137 Å². The molecule has 0 bridgehead atoms. The number of hydrogen-bond acceptors (Lipinski definition) is 3. The average molecular weight is 333 g/mol. The molecule has 1 aromatic heterocycles.